The molecule has 0 aromatic heterocycles. The maximum absolute atomic E-state index is 12.2. The summed E-state index contributed by atoms with van der Waals surface area (Å²) in [4.78, 5) is 14.4. The highest BCUT2D eigenvalue weighted by atomic mass is 16.5. The van der Waals surface area contributed by atoms with E-state index in [1.807, 2.05) is 18.2 Å². The number of nitrogens with zero attached hydrogens (tertiary/aromatic N) is 1. The third-order valence-electron chi connectivity index (χ3n) is 4.16. The Morgan fingerprint density at radius 3 is 2.77 bits per heavy atom. The van der Waals surface area contributed by atoms with E-state index in [1.54, 1.807) is 14.2 Å². The van der Waals surface area contributed by atoms with Crippen molar-refractivity contribution < 1.29 is 14.3 Å². The summed E-state index contributed by atoms with van der Waals surface area (Å²) < 4.78 is 10.5. The fourth-order valence-electron chi connectivity index (χ4n) is 2.89. The molecular weight excluding hydrogens is 280 g/mol. The average molecular weight is 306 g/mol. The van der Waals surface area contributed by atoms with Crippen LogP contribution in [0.2, 0.25) is 0 Å². The van der Waals surface area contributed by atoms with Crippen LogP contribution in [0.15, 0.2) is 18.2 Å². The zero-order valence-corrected chi connectivity index (χ0v) is 13.7. The maximum Gasteiger partial charge on any atom is 0.224 e. The van der Waals surface area contributed by atoms with Gasteiger partial charge in [0.25, 0.3) is 0 Å². The lowest BCUT2D eigenvalue weighted by Gasteiger charge is -2.28. The van der Waals surface area contributed by atoms with Gasteiger partial charge in [-0.05, 0) is 50.6 Å². The molecule has 5 heteroatoms. The van der Waals surface area contributed by atoms with Crippen LogP contribution in [0.25, 0.3) is 0 Å². The summed E-state index contributed by atoms with van der Waals surface area (Å²) in [5.41, 5.74) is 1.12. The van der Waals surface area contributed by atoms with Crippen LogP contribution in [0.1, 0.15) is 18.4 Å². The van der Waals surface area contributed by atoms with Gasteiger partial charge >= 0.3 is 0 Å². The molecule has 1 N–H and O–H groups in total. The first-order valence-electron chi connectivity index (χ1n) is 7.81. The lowest BCUT2D eigenvalue weighted by atomic mass is 9.97. The van der Waals surface area contributed by atoms with E-state index in [4.69, 9.17) is 9.47 Å². The first-order valence-corrected chi connectivity index (χ1v) is 7.81. The van der Waals surface area contributed by atoms with Crippen LogP contribution in [0.5, 0.6) is 11.5 Å². The fourth-order valence-corrected chi connectivity index (χ4v) is 2.89. The van der Waals surface area contributed by atoms with Crippen molar-refractivity contribution >= 4 is 5.91 Å². The predicted molar refractivity (Wildman–Crippen MR) is 86.5 cm³/mol. The largest absolute Gasteiger partial charge is 0.493 e. The van der Waals surface area contributed by atoms with Crippen LogP contribution >= 0.6 is 0 Å². The summed E-state index contributed by atoms with van der Waals surface area (Å²) in [5, 5.41) is 3.05. The minimum Gasteiger partial charge on any atom is -0.493 e. The first-order chi connectivity index (χ1) is 10.6. The zero-order valence-electron chi connectivity index (χ0n) is 13.7. The average Bonchev–Trinajstić information content (AvgIpc) is 2.54. The Morgan fingerprint density at radius 1 is 1.32 bits per heavy atom. The Labute approximate surface area is 132 Å². The Bertz CT molecular complexity index is 505. The summed E-state index contributed by atoms with van der Waals surface area (Å²) in [6.45, 7) is 2.60. The molecule has 5 nitrogen and oxygen atoms in total. The molecule has 1 aliphatic rings. The normalized spacial score (nSPS) is 18.8. The quantitative estimate of drug-likeness (QED) is 0.869. The van der Waals surface area contributed by atoms with E-state index in [1.165, 1.54) is 0 Å². The number of rotatable bonds is 6. The number of hydrogen-bond donors (Lipinski definition) is 1. The molecule has 0 spiro atoms. The van der Waals surface area contributed by atoms with Crippen molar-refractivity contribution in [3.05, 3.63) is 23.8 Å². The van der Waals surface area contributed by atoms with Gasteiger partial charge in [-0.2, -0.15) is 0 Å². The third kappa shape index (κ3) is 4.37. The van der Waals surface area contributed by atoms with Gasteiger partial charge in [0, 0.05) is 13.1 Å². The number of piperidine rings is 1. The molecular formula is C17H26N2O3. The van der Waals surface area contributed by atoms with Gasteiger partial charge in [0.2, 0.25) is 5.91 Å². The van der Waals surface area contributed by atoms with E-state index in [-0.39, 0.29) is 11.8 Å². The molecule has 1 fully saturated rings. The van der Waals surface area contributed by atoms with Crippen molar-refractivity contribution in [3.8, 4) is 11.5 Å². The number of hydrogen-bond acceptors (Lipinski definition) is 4. The number of methoxy groups -OCH3 is 2. The Morgan fingerprint density at radius 2 is 2.09 bits per heavy atom. The molecule has 1 saturated heterocycles. The van der Waals surface area contributed by atoms with Crippen LogP contribution in [0, 0.1) is 5.92 Å². The molecule has 22 heavy (non-hydrogen) atoms. The number of benzene rings is 1. The Kier molecular flexibility index (Phi) is 6.07. The standard InChI is InChI=1S/C17H26N2O3/c1-19-10-4-5-14(12-19)17(20)18-9-8-13-6-7-15(21-2)16(11-13)22-3/h6-7,11,14H,4-5,8-10,12H2,1-3H3,(H,18,20)/t14-/m0/s1. The van der Waals surface area contributed by atoms with E-state index in [0.717, 1.165) is 49.4 Å². The number of carbonyl (C=O) groups excluding carboxylic acids is 1. The van der Waals surface area contributed by atoms with Crippen LogP contribution in [0.3, 0.4) is 0 Å². The minimum atomic E-state index is 0.129. The smallest absolute Gasteiger partial charge is 0.224 e. The van der Waals surface area contributed by atoms with Crippen molar-refractivity contribution in [3.63, 3.8) is 0 Å². The highest BCUT2D eigenvalue weighted by molar-refractivity contribution is 5.78. The molecule has 1 aromatic rings. The van der Waals surface area contributed by atoms with Crippen molar-refractivity contribution in [2.75, 3.05) is 40.9 Å². The van der Waals surface area contributed by atoms with Gasteiger partial charge in [-0.3, -0.25) is 4.79 Å². The number of amides is 1. The van der Waals surface area contributed by atoms with Gasteiger partial charge in [-0.1, -0.05) is 6.07 Å². The van der Waals surface area contributed by atoms with E-state index < -0.39 is 0 Å². The monoisotopic (exact) mass is 306 g/mol. The molecule has 2 rings (SSSR count). The molecule has 0 saturated carbocycles. The van der Waals surface area contributed by atoms with Crippen molar-refractivity contribution in [1.82, 2.24) is 10.2 Å². The summed E-state index contributed by atoms with van der Waals surface area (Å²) in [7, 11) is 5.32. The minimum absolute atomic E-state index is 0.129. The van der Waals surface area contributed by atoms with Gasteiger partial charge < -0.3 is 19.7 Å². The maximum atomic E-state index is 12.2. The van der Waals surface area contributed by atoms with E-state index in [9.17, 15) is 4.79 Å². The fraction of sp³-hybridized carbons (Fsp3) is 0.588. The van der Waals surface area contributed by atoms with Gasteiger partial charge in [0.15, 0.2) is 11.5 Å². The van der Waals surface area contributed by atoms with E-state index >= 15 is 0 Å². The number of nitrogens with one attached hydrogen (secondary N) is 1. The third-order valence-corrected chi connectivity index (χ3v) is 4.16. The Hall–Kier alpha value is -1.75. The van der Waals surface area contributed by atoms with Gasteiger partial charge in [0.1, 0.15) is 0 Å². The predicted octanol–water partition coefficient (Wildman–Crippen LogP) is 1.70. The van der Waals surface area contributed by atoms with Crippen LogP contribution in [-0.4, -0.2) is 51.7 Å². The summed E-state index contributed by atoms with van der Waals surface area (Å²) in [6.07, 6.45) is 2.88. The molecule has 0 unspecified atom stereocenters. The molecule has 0 radical (unpaired) electrons. The second kappa shape index (κ2) is 8.03. The van der Waals surface area contributed by atoms with E-state index in [0.29, 0.717) is 6.54 Å². The summed E-state index contributed by atoms with van der Waals surface area (Å²) in [6, 6.07) is 5.85. The number of likely N-dealkylation sites (tertiary alicyclic amines) is 1. The molecule has 1 heterocycles. The van der Waals surface area contributed by atoms with Crippen molar-refractivity contribution in [1.29, 1.82) is 0 Å². The Balaban J connectivity index is 1.82. The molecule has 0 bridgehead atoms. The number of ether oxygens (including phenoxy) is 2. The van der Waals surface area contributed by atoms with Gasteiger partial charge in [-0.15, -0.1) is 0 Å². The second-order valence-electron chi connectivity index (χ2n) is 5.83. The lowest BCUT2D eigenvalue weighted by molar-refractivity contribution is -0.126. The first kappa shape index (κ1) is 16.6. The molecule has 1 aromatic carbocycles. The zero-order chi connectivity index (χ0) is 15.9. The molecule has 122 valence electrons. The topological polar surface area (TPSA) is 50.8 Å². The van der Waals surface area contributed by atoms with Crippen molar-refractivity contribution in [2.24, 2.45) is 5.92 Å². The highest BCUT2D eigenvalue weighted by Crippen LogP contribution is 2.27. The van der Waals surface area contributed by atoms with Crippen LogP contribution in [0.4, 0.5) is 0 Å². The highest BCUT2D eigenvalue weighted by Gasteiger charge is 2.23. The molecule has 1 aliphatic heterocycles. The van der Waals surface area contributed by atoms with Crippen LogP contribution < -0.4 is 14.8 Å². The van der Waals surface area contributed by atoms with Crippen molar-refractivity contribution in [2.45, 2.75) is 19.3 Å². The summed E-state index contributed by atoms with van der Waals surface area (Å²) in [5.74, 6) is 1.75. The molecule has 0 aliphatic carbocycles. The molecule has 1 atom stereocenters. The lowest BCUT2D eigenvalue weighted by Crippen LogP contribution is -2.41. The summed E-state index contributed by atoms with van der Waals surface area (Å²) >= 11 is 0. The second-order valence-corrected chi connectivity index (χ2v) is 5.83. The molecule has 1 amide bonds. The SMILES string of the molecule is COc1ccc(CCNC(=O)[C@H]2CCCN(C)C2)cc1OC. The number of carbonyl (C=O) groups is 1. The van der Waals surface area contributed by atoms with E-state index in [2.05, 4.69) is 17.3 Å². The van der Waals surface area contributed by atoms with Gasteiger partial charge in [0.05, 0.1) is 20.1 Å². The van der Waals surface area contributed by atoms with Crippen LogP contribution in [-0.2, 0) is 11.2 Å². The van der Waals surface area contributed by atoms with Gasteiger partial charge in [-0.25, -0.2) is 0 Å².